The fraction of sp³-hybridized carbons (Fsp3) is 0.462. The molecule has 19 heavy (non-hydrogen) atoms. The van der Waals surface area contributed by atoms with Crippen LogP contribution >= 0.6 is 0 Å². The molecule has 1 aromatic rings. The molecule has 0 heterocycles. The van der Waals surface area contributed by atoms with Gasteiger partial charge >= 0.3 is 6.61 Å². The molecule has 1 rings (SSSR count). The van der Waals surface area contributed by atoms with Gasteiger partial charge in [-0.1, -0.05) is 17.7 Å². The molecule has 0 spiro atoms. The summed E-state index contributed by atoms with van der Waals surface area (Å²) in [7, 11) is 0. The minimum atomic E-state index is -2.86. The van der Waals surface area contributed by atoms with Gasteiger partial charge in [0.05, 0.1) is 0 Å². The van der Waals surface area contributed by atoms with Crippen LogP contribution in [0.3, 0.4) is 0 Å². The van der Waals surface area contributed by atoms with E-state index in [0.29, 0.717) is 12.1 Å². The van der Waals surface area contributed by atoms with E-state index >= 15 is 0 Å². The molecule has 0 saturated carbocycles. The van der Waals surface area contributed by atoms with Crippen LogP contribution in [0.2, 0.25) is 0 Å². The molecule has 1 amide bonds. The second kappa shape index (κ2) is 7.04. The summed E-state index contributed by atoms with van der Waals surface area (Å²) in [6.07, 6.45) is 0.191. The first-order valence-electron chi connectivity index (χ1n) is 5.94. The van der Waals surface area contributed by atoms with Crippen molar-refractivity contribution in [2.45, 2.75) is 39.5 Å². The highest BCUT2D eigenvalue weighted by atomic mass is 19.3. The molecule has 0 aliphatic carbocycles. The first-order chi connectivity index (χ1) is 8.88. The lowest BCUT2D eigenvalue weighted by molar-refractivity contribution is -0.118. The van der Waals surface area contributed by atoms with Crippen molar-refractivity contribution in [1.29, 1.82) is 0 Å². The normalized spacial score (nSPS) is 12.5. The number of primary amides is 1. The Morgan fingerprint density at radius 1 is 1.47 bits per heavy atom. The molecule has 0 radical (unpaired) electrons. The standard InChI is InChI=1S/C13H18F2N2O2/c1-8-3-4-11(19-13(14)15)10(5-8)7-17-9(2)6-12(16)18/h3-5,9,13,17H,6-7H2,1-2H3,(H2,16,18). The average Bonchev–Trinajstić information content (AvgIpc) is 2.28. The number of benzene rings is 1. The topological polar surface area (TPSA) is 64.3 Å². The van der Waals surface area contributed by atoms with E-state index in [1.165, 1.54) is 6.07 Å². The summed E-state index contributed by atoms with van der Waals surface area (Å²) in [5.74, 6) is -0.271. The van der Waals surface area contributed by atoms with Crippen molar-refractivity contribution < 1.29 is 18.3 Å². The van der Waals surface area contributed by atoms with Gasteiger partial charge < -0.3 is 15.8 Å². The summed E-state index contributed by atoms with van der Waals surface area (Å²) in [4.78, 5) is 10.7. The van der Waals surface area contributed by atoms with Crippen LogP contribution in [0.5, 0.6) is 5.75 Å². The Labute approximate surface area is 110 Å². The molecular weight excluding hydrogens is 254 g/mol. The molecule has 1 aromatic carbocycles. The number of halogens is 2. The van der Waals surface area contributed by atoms with Crippen molar-refractivity contribution in [3.05, 3.63) is 29.3 Å². The highest BCUT2D eigenvalue weighted by Crippen LogP contribution is 2.22. The van der Waals surface area contributed by atoms with Gasteiger partial charge in [-0.05, 0) is 19.9 Å². The van der Waals surface area contributed by atoms with Gasteiger partial charge in [-0.2, -0.15) is 8.78 Å². The highest BCUT2D eigenvalue weighted by Gasteiger charge is 2.11. The maximum atomic E-state index is 12.3. The Bertz CT molecular complexity index is 439. The first-order valence-corrected chi connectivity index (χ1v) is 5.94. The van der Waals surface area contributed by atoms with E-state index in [1.807, 2.05) is 6.92 Å². The minimum Gasteiger partial charge on any atom is -0.434 e. The molecule has 3 N–H and O–H groups in total. The van der Waals surface area contributed by atoms with Gasteiger partial charge in [0.15, 0.2) is 0 Å². The number of carbonyl (C=O) groups is 1. The van der Waals surface area contributed by atoms with Crippen molar-refractivity contribution in [1.82, 2.24) is 5.32 Å². The number of hydrogen-bond acceptors (Lipinski definition) is 3. The van der Waals surface area contributed by atoms with Gasteiger partial charge in [-0.15, -0.1) is 0 Å². The summed E-state index contributed by atoms with van der Waals surface area (Å²) in [6.45, 7) is 1.14. The predicted octanol–water partition coefficient (Wildman–Crippen LogP) is 1.95. The molecule has 0 fully saturated rings. The van der Waals surface area contributed by atoms with Crippen molar-refractivity contribution in [3.63, 3.8) is 0 Å². The van der Waals surface area contributed by atoms with E-state index in [4.69, 9.17) is 5.73 Å². The maximum absolute atomic E-state index is 12.3. The Morgan fingerprint density at radius 2 is 2.16 bits per heavy atom. The molecule has 4 nitrogen and oxygen atoms in total. The lowest BCUT2D eigenvalue weighted by Crippen LogP contribution is -2.30. The zero-order valence-corrected chi connectivity index (χ0v) is 11.0. The molecule has 6 heteroatoms. The fourth-order valence-corrected chi connectivity index (χ4v) is 1.72. The summed E-state index contributed by atoms with van der Waals surface area (Å²) in [5.41, 5.74) is 6.65. The zero-order valence-electron chi connectivity index (χ0n) is 11.0. The molecule has 0 bridgehead atoms. The lowest BCUT2D eigenvalue weighted by atomic mass is 10.1. The van der Waals surface area contributed by atoms with E-state index in [2.05, 4.69) is 10.1 Å². The maximum Gasteiger partial charge on any atom is 0.387 e. The van der Waals surface area contributed by atoms with Gasteiger partial charge in [0.25, 0.3) is 0 Å². The van der Waals surface area contributed by atoms with Gasteiger partial charge in [0.2, 0.25) is 5.91 Å². The predicted molar refractivity (Wildman–Crippen MR) is 67.9 cm³/mol. The van der Waals surface area contributed by atoms with Crippen LogP contribution in [0.4, 0.5) is 8.78 Å². The van der Waals surface area contributed by atoms with Crippen LogP contribution in [0.1, 0.15) is 24.5 Å². The van der Waals surface area contributed by atoms with E-state index in [1.54, 1.807) is 19.1 Å². The molecule has 0 saturated heterocycles. The summed E-state index contributed by atoms with van der Waals surface area (Å²) >= 11 is 0. The second-order valence-corrected chi connectivity index (χ2v) is 4.44. The smallest absolute Gasteiger partial charge is 0.387 e. The van der Waals surface area contributed by atoms with Gasteiger partial charge in [0, 0.05) is 24.6 Å². The number of nitrogens with one attached hydrogen (secondary N) is 1. The fourth-order valence-electron chi connectivity index (χ4n) is 1.72. The SMILES string of the molecule is Cc1ccc(OC(F)F)c(CNC(C)CC(N)=O)c1. The molecule has 106 valence electrons. The zero-order chi connectivity index (χ0) is 14.4. The number of amides is 1. The van der Waals surface area contributed by atoms with Crippen molar-refractivity contribution in [2.24, 2.45) is 5.73 Å². The molecule has 1 atom stereocenters. The number of nitrogens with two attached hydrogens (primary N) is 1. The largest absolute Gasteiger partial charge is 0.434 e. The Hall–Kier alpha value is -1.69. The average molecular weight is 272 g/mol. The van der Waals surface area contributed by atoms with Crippen LogP contribution in [0.25, 0.3) is 0 Å². The molecule has 1 unspecified atom stereocenters. The van der Waals surface area contributed by atoms with Crippen LogP contribution in [-0.2, 0) is 11.3 Å². The highest BCUT2D eigenvalue weighted by molar-refractivity contribution is 5.74. The third-order valence-electron chi connectivity index (χ3n) is 2.58. The molecule has 0 aliphatic heterocycles. The Kier molecular flexibility index (Phi) is 5.69. The van der Waals surface area contributed by atoms with E-state index < -0.39 is 12.5 Å². The minimum absolute atomic E-state index is 0.127. The Balaban J connectivity index is 2.70. The first kappa shape index (κ1) is 15.4. The quantitative estimate of drug-likeness (QED) is 0.797. The number of hydrogen-bond donors (Lipinski definition) is 2. The third-order valence-corrected chi connectivity index (χ3v) is 2.58. The summed E-state index contributed by atoms with van der Waals surface area (Å²) in [5, 5.41) is 3.05. The summed E-state index contributed by atoms with van der Waals surface area (Å²) in [6, 6.07) is 4.85. The second-order valence-electron chi connectivity index (χ2n) is 4.44. The van der Waals surface area contributed by atoms with E-state index in [0.717, 1.165) is 5.56 Å². The Morgan fingerprint density at radius 3 is 2.74 bits per heavy atom. The monoisotopic (exact) mass is 272 g/mol. The lowest BCUT2D eigenvalue weighted by Gasteiger charge is -2.15. The number of carbonyl (C=O) groups excluding carboxylic acids is 1. The number of alkyl halides is 2. The van der Waals surface area contributed by atoms with Crippen LogP contribution < -0.4 is 15.8 Å². The van der Waals surface area contributed by atoms with Crippen LogP contribution in [-0.4, -0.2) is 18.6 Å². The van der Waals surface area contributed by atoms with Gasteiger partial charge in [-0.3, -0.25) is 4.79 Å². The van der Waals surface area contributed by atoms with Crippen molar-refractivity contribution >= 4 is 5.91 Å². The third kappa shape index (κ3) is 5.65. The van der Waals surface area contributed by atoms with Crippen LogP contribution in [0.15, 0.2) is 18.2 Å². The van der Waals surface area contributed by atoms with Gasteiger partial charge in [0.1, 0.15) is 5.75 Å². The van der Waals surface area contributed by atoms with Gasteiger partial charge in [-0.25, -0.2) is 0 Å². The summed E-state index contributed by atoms with van der Waals surface area (Å²) < 4.78 is 29.0. The van der Waals surface area contributed by atoms with Crippen molar-refractivity contribution in [2.75, 3.05) is 0 Å². The number of rotatable bonds is 7. The molecule has 0 aromatic heterocycles. The molecule has 0 aliphatic rings. The van der Waals surface area contributed by atoms with Crippen LogP contribution in [0, 0.1) is 6.92 Å². The van der Waals surface area contributed by atoms with E-state index in [-0.39, 0.29) is 18.2 Å². The number of aryl methyl sites for hydroxylation is 1. The van der Waals surface area contributed by atoms with Crippen molar-refractivity contribution in [3.8, 4) is 5.75 Å². The number of ether oxygens (including phenoxy) is 1. The van der Waals surface area contributed by atoms with E-state index in [9.17, 15) is 13.6 Å². The molecular formula is C13H18F2N2O2.